The van der Waals surface area contributed by atoms with Crippen LogP contribution in [0, 0.1) is 28.6 Å². The highest BCUT2D eigenvalue weighted by molar-refractivity contribution is 6.01. The summed E-state index contributed by atoms with van der Waals surface area (Å²) in [5.41, 5.74) is -5.70. The topological polar surface area (TPSA) is 119 Å². The molecule has 0 bridgehead atoms. The van der Waals surface area contributed by atoms with Crippen molar-refractivity contribution in [3.05, 3.63) is 23.8 Å². The van der Waals surface area contributed by atoms with Gasteiger partial charge in [-0.1, -0.05) is 25.5 Å². The molecule has 4 rings (SSSR count). The minimum atomic E-state index is -2.08. The number of hydrogen-bond donors (Lipinski definition) is 2. The molecule has 0 amide bonds. The second kappa shape index (κ2) is 7.88. The molecule has 3 fully saturated rings. The molecule has 0 aromatic heterocycles. The van der Waals surface area contributed by atoms with E-state index >= 15 is 4.39 Å². The number of ether oxygens (including phenoxy) is 3. The number of hydrogen-bond acceptors (Lipinski definition) is 8. The molecule has 0 unspecified atom stereocenters. The van der Waals surface area contributed by atoms with Gasteiger partial charge in [0, 0.05) is 16.7 Å². The summed E-state index contributed by atoms with van der Waals surface area (Å²) >= 11 is 0. The third-order valence-electron chi connectivity index (χ3n) is 9.50. The molecule has 9 atom stereocenters. The number of ketones is 1. The minimum Gasteiger partial charge on any atom is -0.466 e. The molecule has 188 valence electrons. The average Bonchev–Trinajstić information content (AvgIpc) is 2.99. The summed E-state index contributed by atoms with van der Waals surface area (Å²) in [6.07, 6.45) is 1.03. The van der Waals surface area contributed by atoms with Crippen LogP contribution in [0.1, 0.15) is 46.5 Å². The zero-order valence-corrected chi connectivity index (χ0v) is 20.2. The quantitative estimate of drug-likeness (QED) is 0.592. The number of aliphatic hydroxyl groups excluding tert-OH is 1. The normalized spacial score (nSPS) is 45.9. The first kappa shape index (κ1) is 24.9. The first-order valence-electron chi connectivity index (χ1n) is 11.7. The Balaban J connectivity index is 1.81. The van der Waals surface area contributed by atoms with Gasteiger partial charge in [-0.3, -0.25) is 4.79 Å². The van der Waals surface area contributed by atoms with Crippen molar-refractivity contribution in [2.45, 2.75) is 69.9 Å². The molecule has 4 aliphatic rings. The molecular weight excluding hydrogens is 447 g/mol. The van der Waals surface area contributed by atoms with Gasteiger partial charge in [-0.2, -0.15) is 0 Å². The van der Waals surface area contributed by atoms with E-state index in [0.717, 1.165) is 14.2 Å². The zero-order valence-electron chi connectivity index (χ0n) is 20.2. The Morgan fingerprint density at radius 1 is 1.21 bits per heavy atom. The first-order valence-corrected chi connectivity index (χ1v) is 11.7. The molecule has 2 N–H and O–H groups in total. The number of carbonyl (C=O) groups is 3. The number of allylic oxidation sites excluding steroid dienone is 4. The largest absolute Gasteiger partial charge is 0.508 e. The summed E-state index contributed by atoms with van der Waals surface area (Å²) in [6, 6.07) is 0. The van der Waals surface area contributed by atoms with Gasteiger partial charge in [0.25, 0.3) is 0 Å². The SMILES string of the molecule is COC(=O)O[C@H](C(=O)OC)[C@@]1(O)[C@H](C)C[C@H]2[C@@H]3CCC4=CC(=O)C=C[C@]4(C)[C@@]3(F)[C@@H](O)C[C@@]21C. The number of rotatable bonds is 3. The second-order valence-electron chi connectivity index (χ2n) is 10.7. The van der Waals surface area contributed by atoms with E-state index in [1.54, 1.807) is 26.8 Å². The van der Waals surface area contributed by atoms with Gasteiger partial charge in [0.2, 0.25) is 6.10 Å². The van der Waals surface area contributed by atoms with Gasteiger partial charge in [-0.15, -0.1) is 0 Å². The van der Waals surface area contributed by atoms with E-state index in [2.05, 4.69) is 4.74 Å². The van der Waals surface area contributed by atoms with E-state index in [0.29, 0.717) is 24.8 Å². The third-order valence-corrected chi connectivity index (χ3v) is 9.50. The van der Waals surface area contributed by atoms with Crippen LogP contribution in [0.25, 0.3) is 0 Å². The molecule has 0 spiro atoms. The third kappa shape index (κ3) is 2.92. The Morgan fingerprint density at radius 2 is 1.88 bits per heavy atom. The Morgan fingerprint density at radius 3 is 2.50 bits per heavy atom. The maximum Gasteiger partial charge on any atom is 0.508 e. The summed E-state index contributed by atoms with van der Waals surface area (Å²) in [4.78, 5) is 36.7. The fourth-order valence-electron chi connectivity index (χ4n) is 7.71. The van der Waals surface area contributed by atoms with Crippen molar-refractivity contribution in [1.82, 2.24) is 0 Å². The molecule has 3 saturated carbocycles. The van der Waals surface area contributed by atoms with E-state index < -0.39 is 64.2 Å². The van der Waals surface area contributed by atoms with Crippen molar-refractivity contribution < 1.29 is 43.2 Å². The fraction of sp³-hybridized carbons (Fsp3) is 0.720. The van der Waals surface area contributed by atoms with Gasteiger partial charge in [0.15, 0.2) is 11.5 Å². The molecule has 0 saturated heterocycles. The highest BCUT2D eigenvalue weighted by atomic mass is 19.1. The molecule has 0 aromatic carbocycles. The van der Waals surface area contributed by atoms with E-state index in [4.69, 9.17) is 9.47 Å². The number of esters is 1. The molecule has 0 radical (unpaired) electrons. The Labute approximate surface area is 198 Å². The van der Waals surface area contributed by atoms with E-state index in [-0.39, 0.29) is 12.2 Å². The Hall–Kier alpha value is -2.26. The number of fused-ring (bicyclic) bond motifs is 5. The lowest BCUT2D eigenvalue weighted by Crippen LogP contribution is -2.70. The predicted octanol–water partition coefficient (Wildman–Crippen LogP) is 2.66. The smallest absolute Gasteiger partial charge is 0.466 e. The molecule has 0 aromatic rings. The summed E-state index contributed by atoms with van der Waals surface area (Å²) in [5, 5.41) is 23.5. The van der Waals surface area contributed by atoms with Crippen molar-refractivity contribution in [2.24, 2.45) is 28.6 Å². The average molecular weight is 481 g/mol. The van der Waals surface area contributed by atoms with E-state index in [1.807, 2.05) is 0 Å². The monoisotopic (exact) mass is 480 g/mol. The second-order valence-corrected chi connectivity index (χ2v) is 10.7. The zero-order chi connectivity index (χ0) is 25.3. The molecule has 8 nitrogen and oxygen atoms in total. The molecule has 9 heteroatoms. The van der Waals surface area contributed by atoms with Crippen LogP contribution in [0.3, 0.4) is 0 Å². The molecular formula is C25H33FO8. The Kier molecular flexibility index (Phi) is 5.76. The van der Waals surface area contributed by atoms with Crippen molar-refractivity contribution in [3.8, 4) is 0 Å². The minimum absolute atomic E-state index is 0.172. The lowest BCUT2D eigenvalue weighted by Gasteiger charge is -2.63. The van der Waals surface area contributed by atoms with Crippen LogP contribution in [0.5, 0.6) is 0 Å². The van der Waals surface area contributed by atoms with Gasteiger partial charge >= 0.3 is 12.1 Å². The maximum atomic E-state index is 17.2. The molecule has 4 aliphatic carbocycles. The van der Waals surface area contributed by atoms with Crippen molar-refractivity contribution >= 4 is 17.9 Å². The predicted molar refractivity (Wildman–Crippen MR) is 117 cm³/mol. The summed E-state index contributed by atoms with van der Waals surface area (Å²) in [7, 11) is 2.20. The van der Waals surface area contributed by atoms with Gasteiger partial charge in [0.1, 0.15) is 5.60 Å². The van der Waals surface area contributed by atoms with Gasteiger partial charge in [-0.25, -0.2) is 14.0 Å². The van der Waals surface area contributed by atoms with Gasteiger partial charge < -0.3 is 24.4 Å². The van der Waals surface area contributed by atoms with Gasteiger partial charge in [0.05, 0.1) is 20.3 Å². The van der Waals surface area contributed by atoms with E-state index in [1.165, 1.54) is 12.2 Å². The van der Waals surface area contributed by atoms with Crippen LogP contribution < -0.4 is 0 Å². The Bertz CT molecular complexity index is 976. The summed E-state index contributed by atoms with van der Waals surface area (Å²) in [6.45, 7) is 5.15. The standard InChI is InChI=1S/C25H33FO8/c1-13-10-17-16-7-6-14-11-15(27)8-9-22(14,2)24(16,26)18(28)12-23(17,3)25(13,31)19(20(29)32-4)34-21(30)33-5/h8-9,11,13,16-19,28,31H,6-7,10,12H2,1-5H3/t13-,16+,17+,18+,19-,22+,23+,24+,25+/m1/s1. The number of methoxy groups -OCH3 is 2. The highest BCUT2D eigenvalue weighted by Crippen LogP contribution is 2.71. The molecule has 0 aliphatic heterocycles. The van der Waals surface area contributed by atoms with Gasteiger partial charge in [-0.05, 0) is 56.6 Å². The number of alkyl halides is 1. The van der Waals surface area contributed by atoms with Crippen LogP contribution in [0.2, 0.25) is 0 Å². The van der Waals surface area contributed by atoms with E-state index in [9.17, 15) is 24.6 Å². The van der Waals surface area contributed by atoms with Crippen LogP contribution in [-0.4, -0.2) is 65.8 Å². The number of carbonyl (C=O) groups excluding carboxylic acids is 3. The first-order chi connectivity index (χ1) is 15.8. The van der Waals surface area contributed by atoms with Crippen molar-refractivity contribution in [3.63, 3.8) is 0 Å². The van der Waals surface area contributed by atoms with Crippen molar-refractivity contribution in [2.75, 3.05) is 14.2 Å². The maximum absolute atomic E-state index is 17.2. The lowest BCUT2D eigenvalue weighted by atomic mass is 9.44. The molecule has 0 heterocycles. The number of halogens is 1. The number of aliphatic hydroxyl groups is 2. The van der Waals surface area contributed by atoms with Crippen LogP contribution in [0.15, 0.2) is 23.8 Å². The van der Waals surface area contributed by atoms with Crippen LogP contribution in [-0.2, 0) is 23.8 Å². The summed E-state index contributed by atoms with van der Waals surface area (Å²) in [5.74, 6) is -2.83. The van der Waals surface area contributed by atoms with Crippen LogP contribution in [0.4, 0.5) is 9.18 Å². The lowest BCUT2D eigenvalue weighted by molar-refractivity contribution is -0.242. The summed E-state index contributed by atoms with van der Waals surface area (Å²) < 4.78 is 31.8. The molecule has 34 heavy (non-hydrogen) atoms. The highest BCUT2D eigenvalue weighted by Gasteiger charge is 2.76. The fourth-order valence-corrected chi connectivity index (χ4v) is 7.71. The van der Waals surface area contributed by atoms with Crippen molar-refractivity contribution in [1.29, 1.82) is 0 Å². The van der Waals surface area contributed by atoms with Crippen LogP contribution >= 0.6 is 0 Å².